The van der Waals surface area contributed by atoms with Crippen LogP contribution in [0.2, 0.25) is 0 Å². The average Bonchev–Trinajstić information content (AvgIpc) is 3.49. The Kier molecular flexibility index (Phi) is 4.65. The second-order valence-corrected chi connectivity index (χ2v) is 7.03. The van der Waals surface area contributed by atoms with Gasteiger partial charge >= 0.3 is 0 Å². The van der Waals surface area contributed by atoms with E-state index in [0.29, 0.717) is 22.2 Å². The normalized spacial score (nSPS) is 13.3. The Morgan fingerprint density at radius 3 is 2.75 bits per heavy atom. The molecular formula is C21H20N4O3. The number of anilines is 1. The minimum Gasteiger partial charge on any atom is -0.349 e. The lowest BCUT2D eigenvalue weighted by molar-refractivity contribution is -0.116. The number of benzene rings is 2. The maximum absolute atomic E-state index is 12.6. The smallest absolute Gasteiger partial charge is 0.261 e. The van der Waals surface area contributed by atoms with Gasteiger partial charge in [0.05, 0.1) is 17.2 Å². The van der Waals surface area contributed by atoms with Crippen molar-refractivity contribution in [3.8, 4) is 0 Å². The number of aryl methyl sites for hydroxylation is 1. The lowest BCUT2D eigenvalue weighted by Gasteiger charge is -2.10. The Morgan fingerprint density at radius 1 is 1.18 bits per heavy atom. The summed E-state index contributed by atoms with van der Waals surface area (Å²) < 4.78 is 1.28. The maximum Gasteiger partial charge on any atom is 0.261 e. The molecule has 1 aromatic heterocycles. The van der Waals surface area contributed by atoms with Crippen LogP contribution in [0.3, 0.4) is 0 Å². The largest absolute Gasteiger partial charge is 0.349 e. The van der Waals surface area contributed by atoms with Crippen molar-refractivity contribution in [2.45, 2.75) is 32.4 Å². The molecule has 3 aromatic rings. The number of amides is 2. The fraction of sp³-hybridized carbons (Fsp3) is 0.238. The van der Waals surface area contributed by atoms with Crippen molar-refractivity contribution < 1.29 is 9.59 Å². The molecule has 28 heavy (non-hydrogen) atoms. The zero-order valence-corrected chi connectivity index (χ0v) is 15.4. The van der Waals surface area contributed by atoms with Gasteiger partial charge in [-0.3, -0.25) is 19.0 Å². The molecule has 7 nitrogen and oxygen atoms in total. The van der Waals surface area contributed by atoms with Crippen LogP contribution in [0, 0.1) is 6.92 Å². The van der Waals surface area contributed by atoms with Gasteiger partial charge in [0.25, 0.3) is 11.5 Å². The van der Waals surface area contributed by atoms with Crippen molar-refractivity contribution in [3.05, 3.63) is 70.3 Å². The molecule has 0 aliphatic heterocycles. The van der Waals surface area contributed by atoms with Crippen LogP contribution in [-0.4, -0.2) is 27.4 Å². The van der Waals surface area contributed by atoms with Crippen molar-refractivity contribution in [2.24, 2.45) is 0 Å². The van der Waals surface area contributed by atoms with Gasteiger partial charge in [-0.25, -0.2) is 4.98 Å². The number of nitrogens with one attached hydrogen (secondary N) is 2. The molecule has 1 saturated carbocycles. The van der Waals surface area contributed by atoms with Gasteiger partial charge in [0, 0.05) is 17.3 Å². The lowest BCUT2D eigenvalue weighted by Crippen LogP contribution is -2.28. The number of carbonyl (C=O) groups excluding carboxylic acids is 2. The van der Waals surface area contributed by atoms with Crippen molar-refractivity contribution in [1.29, 1.82) is 0 Å². The SMILES string of the molecule is Cc1cccc2c(=O)n(CC(=O)Nc3cccc(C(=O)NC4CC4)c3)cnc12. The zero-order chi connectivity index (χ0) is 19.7. The minimum atomic E-state index is -0.365. The number of para-hydroxylation sites is 1. The first-order valence-electron chi connectivity index (χ1n) is 9.17. The summed E-state index contributed by atoms with van der Waals surface area (Å²) in [5.41, 5.74) is 2.28. The van der Waals surface area contributed by atoms with Crippen LogP contribution >= 0.6 is 0 Å². The second kappa shape index (κ2) is 7.26. The molecule has 1 fully saturated rings. The number of hydrogen-bond donors (Lipinski definition) is 2. The highest BCUT2D eigenvalue weighted by Crippen LogP contribution is 2.20. The highest BCUT2D eigenvalue weighted by Gasteiger charge is 2.23. The van der Waals surface area contributed by atoms with Gasteiger partial charge in [0.15, 0.2) is 0 Å². The third-order valence-electron chi connectivity index (χ3n) is 4.69. The standard InChI is InChI=1S/C21H20N4O3/c1-13-4-2-7-17-19(13)22-12-25(21(17)28)11-18(26)23-16-6-3-5-14(10-16)20(27)24-15-8-9-15/h2-7,10,12,15H,8-9,11H2,1H3,(H,23,26)(H,24,27). The van der Waals surface area contributed by atoms with Gasteiger partial charge in [0.1, 0.15) is 6.54 Å². The van der Waals surface area contributed by atoms with E-state index in [2.05, 4.69) is 15.6 Å². The highest BCUT2D eigenvalue weighted by atomic mass is 16.2. The number of rotatable bonds is 5. The van der Waals surface area contributed by atoms with E-state index in [9.17, 15) is 14.4 Å². The van der Waals surface area contributed by atoms with E-state index in [1.807, 2.05) is 13.0 Å². The predicted molar refractivity (Wildman–Crippen MR) is 106 cm³/mol. The summed E-state index contributed by atoms with van der Waals surface area (Å²) in [5.74, 6) is -0.514. The molecule has 1 aliphatic rings. The van der Waals surface area contributed by atoms with E-state index in [1.54, 1.807) is 36.4 Å². The highest BCUT2D eigenvalue weighted by molar-refractivity contribution is 5.97. The molecule has 4 rings (SSSR count). The molecule has 0 spiro atoms. The molecule has 0 radical (unpaired) electrons. The van der Waals surface area contributed by atoms with Crippen molar-refractivity contribution >= 4 is 28.4 Å². The van der Waals surface area contributed by atoms with Gasteiger partial charge < -0.3 is 10.6 Å². The van der Waals surface area contributed by atoms with Gasteiger partial charge in [0.2, 0.25) is 5.91 Å². The van der Waals surface area contributed by atoms with Crippen LogP contribution in [-0.2, 0) is 11.3 Å². The van der Waals surface area contributed by atoms with Crippen LogP contribution in [0.5, 0.6) is 0 Å². The Bertz CT molecular complexity index is 1130. The second-order valence-electron chi connectivity index (χ2n) is 7.03. The summed E-state index contributed by atoms with van der Waals surface area (Å²) in [6, 6.07) is 12.4. The van der Waals surface area contributed by atoms with Crippen molar-refractivity contribution in [3.63, 3.8) is 0 Å². The molecule has 0 bridgehead atoms. The van der Waals surface area contributed by atoms with Crippen molar-refractivity contribution in [1.82, 2.24) is 14.9 Å². The van der Waals surface area contributed by atoms with E-state index in [4.69, 9.17) is 0 Å². The van der Waals surface area contributed by atoms with Gasteiger partial charge in [-0.05, 0) is 49.6 Å². The Balaban J connectivity index is 1.49. The van der Waals surface area contributed by atoms with Crippen LogP contribution in [0.1, 0.15) is 28.8 Å². The minimum absolute atomic E-state index is 0.149. The summed E-state index contributed by atoms with van der Waals surface area (Å²) >= 11 is 0. The molecule has 2 N–H and O–H groups in total. The summed E-state index contributed by atoms with van der Waals surface area (Å²) in [5, 5.41) is 6.13. The molecule has 0 unspecified atom stereocenters. The summed E-state index contributed by atoms with van der Waals surface area (Å²) in [4.78, 5) is 41.5. The number of nitrogens with zero attached hydrogens (tertiary/aromatic N) is 2. The number of fused-ring (bicyclic) bond motifs is 1. The van der Waals surface area contributed by atoms with E-state index in [0.717, 1.165) is 18.4 Å². The molecule has 1 aliphatic carbocycles. The van der Waals surface area contributed by atoms with Crippen molar-refractivity contribution in [2.75, 3.05) is 5.32 Å². The molecule has 142 valence electrons. The summed E-state index contributed by atoms with van der Waals surface area (Å²) in [7, 11) is 0. The van der Waals surface area contributed by atoms with Crippen LogP contribution < -0.4 is 16.2 Å². The van der Waals surface area contributed by atoms with E-state index in [-0.39, 0.29) is 30.0 Å². The van der Waals surface area contributed by atoms with E-state index >= 15 is 0 Å². The summed E-state index contributed by atoms with van der Waals surface area (Å²) in [6.45, 7) is 1.73. The molecule has 7 heteroatoms. The van der Waals surface area contributed by atoms with Gasteiger partial charge in [-0.15, -0.1) is 0 Å². The fourth-order valence-corrected chi connectivity index (χ4v) is 3.04. The van der Waals surface area contributed by atoms with Gasteiger partial charge in [-0.2, -0.15) is 0 Å². The molecule has 0 atom stereocenters. The first kappa shape index (κ1) is 17.9. The number of aromatic nitrogens is 2. The van der Waals surface area contributed by atoms with E-state index in [1.165, 1.54) is 10.9 Å². The number of hydrogen-bond acceptors (Lipinski definition) is 4. The van der Waals surface area contributed by atoms with Crippen LogP contribution in [0.25, 0.3) is 10.9 Å². The molecular weight excluding hydrogens is 356 g/mol. The Labute approximate surface area is 161 Å². The average molecular weight is 376 g/mol. The first-order chi connectivity index (χ1) is 13.5. The summed E-state index contributed by atoms with van der Waals surface area (Å²) in [6.07, 6.45) is 3.41. The maximum atomic E-state index is 12.6. The van der Waals surface area contributed by atoms with Gasteiger partial charge in [-0.1, -0.05) is 18.2 Å². The Morgan fingerprint density at radius 2 is 1.96 bits per heavy atom. The zero-order valence-electron chi connectivity index (χ0n) is 15.4. The third kappa shape index (κ3) is 3.78. The Hall–Kier alpha value is -3.48. The molecule has 2 amide bonds. The van der Waals surface area contributed by atoms with E-state index < -0.39 is 0 Å². The van der Waals surface area contributed by atoms with Crippen LogP contribution in [0.4, 0.5) is 5.69 Å². The fourth-order valence-electron chi connectivity index (χ4n) is 3.04. The quantitative estimate of drug-likeness (QED) is 0.714. The number of carbonyl (C=O) groups is 2. The topological polar surface area (TPSA) is 93.1 Å². The molecule has 1 heterocycles. The molecule has 2 aromatic carbocycles. The monoisotopic (exact) mass is 376 g/mol. The molecule has 0 saturated heterocycles. The lowest BCUT2D eigenvalue weighted by atomic mass is 10.1. The predicted octanol–water partition coefficient (Wildman–Crippen LogP) is 2.24. The third-order valence-corrected chi connectivity index (χ3v) is 4.69. The van der Waals surface area contributed by atoms with Crippen LogP contribution in [0.15, 0.2) is 53.6 Å². The first-order valence-corrected chi connectivity index (χ1v) is 9.17.